The number of benzene rings is 2. The minimum absolute atomic E-state index is 0.00728. The Morgan fingerprint density at radius 2 is 1.75 bits per heavy atom. The van der Waals surface area contributed by atoms with E-state index in [1.807, 2.05) is 42.6 Å². The number of imide groups is 1. The summed E-state index contributed by atoms with van der Waals surface area (Å²) in [7, 11) is 0. The van der Waals surface area contributed by atoms with Crippen molar-refractivity contribution in [3.8, 4) is 0 Å². The Hall–Kier alpha value is -6.02. The van der Waals surface area contributed by atoms with E-state index in [0.717, 1.165) is 117 Å². The molecule has 18 nitrogen and oxygen atoms in total. The van der Waals surface area contributed by atoms with Crippen LogP contribution in [0.5, 0.6) is 0 Å². The highest BCUT2D eigenvalue weighted by molar-refractivity contribution is 7.99. The van der Waals surface area contributed by atoms with E-state index in [-0.39, 0.29) is 66.4 Å². The molecule has 2 aromatic heterocycles. The van der Waals surface area contributed by atoms with Gasteiger partial charge in [-0.25, -0.2) is 9.97 Å². The van der Waals surface area contributed by atoms with E-state index in [1.165, 1.54) is 16.7 Å². The predicted octanol–water partition coefficient (Wildman–Crippen LogP) is 3.76. The Kier molecular flexibility index (Phi) is 13.8. The molecule has 5 N–H and O–H groups in total. The SMILES string of the molecule is CC1(N)CCN(c2cnc(Sc3cccc(NC(=O)COCCCCCN4CC5(CCN(c6ccc(C(=O)NCc7ccc8c(c7)CN(C7CCC(=O)NC7=O)C8=O)nn6)C5)C4)c3)cn2)CC1. The Bertz CT molecular complexity index is 2470. The Morgan fingerprint density at radius 1 is 0.910 bits per heavy atom. The number of unbranched alkanes of at least 4 members (excludes halogenated alkanes) is 2. The molecular weight excluding hydrogens is 873 g/mol. The molecular formula is C48H58N12O6S. The number of aromatic nitrogens is 4. The fourth-order valence-corrected chi connectivity index (χ4v) is 10.5. The van der Waals surface area contributed by atoms with Crippen molar-refractivity contribution >= 4 is 58.6 Å². The number of carbonyl (C=O) groups excluding carboxylic acids is 5. The highest BCUT2D eigenvalue weighted by atomic mass is 32.2. The summed E-state index contributed by atoms with van der Waals surface area (Å²) in [4.78, 5) is 81.3. The maximum atomic E-state index is 13.0. The number of fused-ring (bicyclic) bond motifs is 1. The van der Waals surface area contributed by atoms with Gasteiger partial charge in [0.05, 0.1) is 12.4 Å². The second-order valence-corrected chi connectivity index (χ2v) is 20.0. The molecule has 352 valence electrons. The van der Waals surface area contributed by atoms with Crippen LogP contribution in [-0.4, -0.2) is 130 Å². The summed E-state index contributed by atoms with van der Waals surface area (Å²) in [6.45, 7) is 9.83. The largest absolute Gasteiger partial charge is 0.372 e. The molecule has 67 heavy (non-hydrogen) atoms. The third-order valence-corrected chi connectivity index (χ3v) is 14.4. The molecule has 4 saturated heterocycles. The number of amides is 5. The minimum atomic E-state index is -0.676. The molecule has 2 aromatic carbocycles. The first-order valence-corrected chi connectivity index (χ1v) is 24.1. The quantitative estimate of drug-likeness (QED) is 0.0875. The van der Waals surface area contributed by atoms with Crippen LogP contribution in [0.3, 0.4) is 0 Å². The van der Waals surface area contributed by atoms with E-state index in [0.29, 0.717) is 24.3 Å². The molecule has 4 fully saturated rings. The summed E-state index contributed by atoms with van der Waals surface area (Å²) in [5.74, 6) is 0.0952. The topological polar surface area (TPSA) is 221 Å². The molecule has 0 bridgehead atoms. The normalized spacial score (nSPS) is 19.9. The number of likely N-dealkylation sites (tertiary alicyclic amines) is 1. The molecule has 9 rings (SSSR count). The zero-order chi connectivity index (χ0) is 46.5. The molecule has 4 aromatic rings. The lowest BCUT2D eigenvalue weighted by molar-refractivity contribution is -0.137. The van der Waals surface area contributed by atoms with E-state index in [1.54, 1.807) is 24.4 Å². The van der Waals surface area contributed by atoms with Gasteiger partial charge in [0.1, 0.15) is 23.5 Å². The summed E-state index contributed by atoms with van der Waals surface area (Å²) in [5.41, 5.74) is 9.45. The Balaban J connectivity index is 0.624. The zero-order valence-corrected chi connectivity index (χ0v) is 38.7. The average Bonchev–Trinajstić information content (AvgIpc) is 3.90. The van der Waals surface area contributed by atoms with Gasteiger partial charge in [0.2, 0.25) is 17.7 Å². The van der Waals surface area contributed by atoms with Gasteiger partial charge < -0.3 is 40.7 Å². The van der Waals surface area contributed by atoms with Crippen molar-refractivity contribution in [3.63, 3.8) is 0 Å². The van der Waals surface area contributed by atoms with Crippen LogP contribution < -0.4 is 31.5 Å². The first-order chi connectivity index (χ1) is 32.4. The van der Waals surface area contributed by atoms with Gasteiger partial charge in [0.25, 0.3) is 11.8 Å². The average molecular weight is 931 g/mol. The second kappa shape index (κ2) is 20.1. The van der Waals surface area contributed by atoms with Crippen molar-refractivity contribution in [1.29, 1.82) is 0 Å². The zero-order valence-electron chi connectivity index (χ0n) is 37.9. The van der Waals surface area contributed by atoms with Crippen LogP contribution in [-0.2, 0) is 32.2 Å². The van der Waals surface area contributed by atoms with Crippen LogP contribution in [0.1, 0.15) is 90.3 Å². The summed E-state index contributed by atoms with van der Waals surface area (Å²) in [6, 6.07) is 16.0. The van der Waals surface area contributed by atoms with Crippen LogP contribution in [0.25, 0.3) is 0 Å². The van der Waals surface area contributed by atoms with Gasteiger partial charge in [-0.3, -0.25) is 29.3 Å². The standard InChI is InChI=1S/C48H58N12O6S/c1-47(49)14-18-58(19-15-47)40-25-51-43(26-50-40)67-35-7-5-6-34(23-35)53-42(62)28-66-21-4-2-3-17-57-29-48(30-57)16-20-59(31-48)39-12-10-37(55-56-39)44(63)52-24-32-8-9-36-33(22-32)27-60(46(36)65)38-11-13-41(61)54-45(38)64/h5-10,12,22-23,25-26,38H,2-4,11,13-21,24,27-31,49H2,1H3,(H,52,63)(H,53,62)(H,54,61,64). The lowest BCUT2D eigenvalue weighted by atomic mass is 9.79. The van der Waals surface area contributed by atoms with E-state index >= 15 is 0 Å². The fraction of sp³-hybridized carbons (Fsp3) is 0.479. The van der Waals surface area contributed by atoms with Gasteiger partial charge >= 0.3 is 0 Å². The molecule has 5 amide bonds. The number of nitrogens with one attached hydrogen (secondary N) is 3. The van der Waals surface area contributed by atoms with Gasteiger partial charge in [0, 0.05) is 92.5 Å². The van der Waals surface area contributed by atoms with Gasteiger partial charge in [-0.15, -0.1) is 10.2 Å². The highest BCUT2D eigenvalue weighted by Crippen LogP contribution is 2.41. The minimum Gasteiger partial charge on any atom is -0.372 e. The van der Waals surface area contributed by atoms with Crippen molar-refractivity contribution in [3.05, 3.63) is 89.4 Å². The Labute approximate surface area is 394 Å². The molecule has 1 spiro atoms. The number of ether oxygens (including phenoxy) is 1. The maximum absolute atomic E-state index is 13.0. The summed E-state index contributed by atoms with van der Waals surface area (Å²) in [5, 5.41) is 17.6. The smallest absolute Gasteiger partial charge is 0.272 e. The van der Waals surface area contributed by atoms with Crippen LogP contribution in [0, 0.1) is 5.41 Å². The monoisotopic (exact) mass is 930 g/mol. The first-order valence-electron chi connectivity index (χ1n) is 23.2. The van der Waals surface area contributed by atoms with Crippen molar-refractivity contribution in [2.75, 3.05) is 74.1 Å². The molecule has 19 heteroatoms. The lowest BCUT2D eigenvalue weighted by Gasteiger charge is -2.48. The predicted molar refractivity (Wildman–Crippen MR) is 251 cm³/mol. The molecule has 0 saturated carbocycles. The van der Waals surface area contributed by atoms with Gasteiger partial charge in [-0.05, 0) is 106 Å². The number of carbonyl (C=O) groups is 5. The van der Waals surface area contributed by atoms with Gasteiger partial charge in [-0.1, -0.05) is 30.0 Å². The van der Waals surface area contributed by atoms with E-state index in [4.69, 9.17) is 10.5 Å². The highest BCUT2D eigenvalue weighted by Gasteiger charge is 2.47. The summed E-state index contributed by atoms with van der Waals surface area (Å²) in [6.07, 6.45) is 10.0. The fourth-order valence-electron chi connectivity index (χ4n) is 9.68. The summed E-state index contributed by atoms with van der Waals surface area (Å²) >= 11 is 1.50. The van der Waals surface area contributed by atoms with E-state index in [2.05, 4.69) is 57.7 Å². The van der Waals surface area contributed by atoms with Crippen molar-refractivity contribution in [2.45, 2.75) is 92.9 Å². The number of piperidine rings is 2. The van der Waals surface area contributed by atoms with Crippen molar-refractivity contribution < 1.29 is 28.7 Å². The summed E-state index contributed by atoms with van der Waals surface area (Å²) < 4.78 is 5.71. The van der Waals surface area contributed by atoms with Crippen LogP contribution in [0.4, 0.5) is 17.3 Å². The molecule has 0 radical (unpaired) electrons. The van der Waals surface area contributed by atoms with Gasteiger partial charge in [-0.2, -0.15) is 0 Å². The second-order valence-electron chi connectivity index (χ2n) is 18.9. The number of anilines is 3. The van der Waals surface area contributed by atoms with Crippen molar-refractivity contribution in [2.24, 2.45) is 11.1 Å². The first kappa shape index (κ1) is 46.1. The number of hydrogen-bond acceptors (Lipinski definition) is 15. The van der Waals surface area contributed by atoms with E-state index in [9.17, 15) is 24.0 Å². The van der Waals surface area contributed by atoms with Crippen molar-refractivity contribution in [1.82, 2.24) is 40.6 Å². The number of hydrogen-bond donors (Lipinski definition) is 4. The maximum Gasteiger partial charge on any atom is 0.272 e. The molecule has 7 heterocycles. The van der Waals surface area contributed by atoms with Crippen LogP contribution in [0.15, 0.2) is 76.9 Å². The van der Waals surface area contributed by atoms with Gasteiger partial charge in [0.15, 0.2) is 11.5 Å². The van der Waals surface area contributed by atoms with Crippen LogP contribution in [0.2, 0.25) is 0 Å². The molecule has 0 aliphatic carbocycles. The number of nitrogens with zero attached hydrogens (tertiary/aromatic N) is 8. The lowest BCUT2D eigenvalue weighted by Crippen LogP contribution is -2.57. The molecule has 5 aliphatic heterocycles. The Morgan fingerprint density at radius 3 is 2.52 bits per heavy atom. The number of rotatable bonds is 17. The molecule has 5 aliphatic rings. The molecule has 1 atom stereocenters. The third kappa shape index (κ3) is 11.2. The van der Waals surface area contributed by atoms with E-state index < -0.39 is 11.9 Å². The van der Waals surface area contributed by atoms with Crippen LogP contribution >= 0.6 is 11.8 Å². The molecule has 1 unspecified atom stereocenters. The third-order valence-electron chi connectivity index (χ3n) is 13.5. The number of nitrogens with two attached hydrogens (primary N) is 1.